The van der Waals surface area contributed by atoms with Crippen LogP contribution in [0.25, 0.3) is 5.69 Å². The van der Waals surface area contributed by atoms with Gasteiger partial charge >= 0.3 is 6.61 Å². The van der Waals surface area contributed by atoms with Crippen LogP contribution in [-0.2, 0) is 0 Å². The molecule has 1 atom stereocenters. The maximum absolute atomic E-state index is 12.3. The van der Waals surface area contributed by atoms with Gasteiger partial charge in [-0.2, -0.15) is 13.5 Å². The SMILES string of the molecule is CC(Cl)c1nnnn1-c1ccccc1OC(F)F. The zero-order valence-corrected chi connectivity index (χ0v) is 10.1. The average Bonchev–Trinajstić information content (AvgIpc) is 2.77. The molecule has 2 aromatic rings. The number of benzene rings is 1. The Labute approximate surface area is 106 Å². The molecule has 0 aliphatic heterocycles. The van der Waals surface area contributed by atoms with Gasteiger partial charge in [0.2, 0.25) is 0 Å². The Kier molecular flexibility index (Phi) is 3.71. The first-order chi connectivity index (χ1) is 8.59. The summed E-state index contributed by atoms with van der Waals surface area (Å²) in [7, 11) is 0. The third-order valence-corrected chi connectivity index (χ3v) is 2.35. The molecule has 0 bridgehead atoms. The number of halogens is 3. The van der Waals surface area contributed by atoms with Crippen molar-refractivity contribution < 1.29 is 13.5 Å². The molecule has 0 aliphatic carbocycles. The van der Waals surface area contributed by atoms with E-state index in [4.69, 9.17) is 11.6 Å². The highest BCUT2D eigenvalue weighted by molar-refractivity contribution is 6.20. The van der Waals surface area contributed by atoms with Crippen LogP contribution < -0.4 is 4.74 Å². The van der Waals surface area contributed by atoms with E-state index < -0.39 is 12.0 Å². The molecule has 1 unspecified atom stereocenters. The minimum atomic E-state index is -2.92. The lowest BCUT2D eigenvalue weighted by Gasteiger charge is -2.11. The molecule has 2 rings (SSSR count). The predicted molar refractivity (Wildman–Crippen MR) is 60.1 cm³/mol. The number of hydrogen-bond donors (Lipinski definition) is 0. The molecule has 18 heavy (non-hydrogen) atoms. The Balaban J connectivity index is 2.46. The number of para-hydroxylation sites is 2. The van der Waals surface area contributed by atoms with Gasteiger partial charge in [-0.25, -0.2) is 0 Å². The summed E-state index contributed by atoms with van der Waals surface area (Å²) in [5, 5.41) is 10.5. The zero-order valence-electron chi connectivity index (χ0n) is 9.30. The van der Waals surface area contributed by atoms with Crippen molar-refractivity contribution in [3.05, 3.63) is 30.1 Å². The van der Waals surface area contributed by atoms with Gasteiger partial charge < -0.3 is 4.74 Å². The number of aromatic nitrogens is 4. The molecule has 0 saturated heterocycles. The molecule has 0 N–H and O–H groups in total. The second-order valence-electron chi connectivity index (χ2n) is 3.41. The topological polar surface area (TPSA) is 52.8 Å². The van der Waals surface area contributed by atoms with Crippen molar-refractivity contribution in [1.82, 2.24) is 20.2 Å². The molecule has 1 aromatic heterocycles. The van der Waals surface area contributed by atoms with E-state index in [1.165, 1.54) is 10.7 Å². The molecular formula is C10H9ClF2N4O. The van der Waals surface area contributed by atoms with E-state index in [0.717, 1.165) is 0 Å². The highest BCUT2D eigenvalue weighted by Crippen LogP contribution is 2.26. The van der Waals surface area contributed by atoms with Crippen molar-refractivity contribution in [3.8, 4) is 11.4 Å². The molecule has 0 spiro atoms. The van der Waals surface area contributed by atoms with Crippen LogP contribution in [0.15, 0.2) is 24.3 Å². The standard InChI is InChI=1S/C10H9ClF2N4O/c1-6(11)9-14-15-16-17(9)7-4-2-3-5-8(7)18-10(12)13/h2-6,10H,1H3. The number of nitrogens with zero attached hydrogens (tertiary/aromatic N) is 4. The molecular weight excluding hydrogens is 266 g/mol. The summed E-state index contributed by atoms with van der Waals surface area (Å²) in [5.41, 5.74) is 0.310. The van der Waals surface area contributed by atoms with E-state index in [2.05, 4.69) is 20.3 Å². The van der Waals surface area contributed by atoms with Gasteiger partial charge in [0.1, 0.15) is 5.69 Å². The minimum absolute atomic E-state index is 0.0154. The number of alkyl halides is 3. The molecule has 0 fully saturated rings. The highest BCUT2D eigenvalue weighted by atomic mass is 35.5. The Morgan fingerprint density at radius 2 is 2.06 bits per heavy atom. The van der Waals surface area contributed by atoms with Crippen LogP contribution >= 0.6 is 11.6 Å². The first kappa shape index (κ1) is 12.7. The van der Waals surface area contributed by atoms with Crippen LogP contribution in [0.2, 0.25) is 0 Å². The van der Waals surface area contributed by atoms with E-state index in [0.29, 0.717) is 11.5 Å². The Bertz CT molecular complexity index is 532. The minimum Gasteiger partial charge on any atom is -0.433 e. The fraction of sp³-hybridized carbons (Fsp3) is 0.300. The van der Waals surface area contributed by atoms with Crippen molar-refractivity contribution >= 4 is 11.6 Å². The quantitative estimate of drug-likeness (QED) is 0.804. The Morgan fingerprint density at radius 3 is 2.72 bits per heavy atom. The lowest BCUT2D eigenvalue weighted by molar-refractivity contribution is -0.0499. The lowest BCUT2D eigenvalue weighted by Crippen LogP contribution is -2.09. The van der Waals surface area contributed by atoms with Crippen molar-refractivity contribution in [3.63, 3.8) is 0 Å². The molecule has 5 nitrogen and oxygen atoms in total. The van der Waals surface area contributed by atoms with Gasteiger partial charge in [0.25, 0.3) is 0 Å². The molecule has 1 heterocycles. The van der Waals surface area contributed by atoms with Gasteiger partial charge in [0.15, 0.2) is 11.6 Å². The number of ether oxygens (including phenoxy) is 1. The number of rotatable bonds is 4. The van der Waals surface area contributed by atoms with E-state index in [-0.39, 0.29) is 5.75 Å². The fourth-order valence-electron chi connectivity index (χ4n) is 1.44. The normalized spacial score (nSPS) is 12.7. The first-order valence-corrected chi connectivity index (χ1v) is 5.50. The van der Waals surface area contributed by atoms with Gasteiger partial charge in [0, 0.05) is 0 Å². The molecule has 8 heteroatoms. The summed E-state index contributed by atoms with van der Waals surface area (Å²) in [6.07, 6.45) is 0. The van der Waals surface area contributed by atoms with Crippen molar-refractivity contribution in [1.29, 1.82) is 0 Å². The summed E-state index contributed by atoms with van der Waals surface area (Å²) in [5.74, 6) is 0.334. The maximum atomic E-state index is 12.3. The summed E-state index contributed by atoms with van der Waals surface area (Å²) in [4.78, 5) is 0. The van der Waals surface area contributed by atoms with Gasteiger partial charge in [-0.3, -0.25) is 0 Å². The smallest absolute Gasteiger partial charge is 0.387 e. The fourth-order valence-corrected chi connectivity index (χ4v) is 1.58. The third-order valence-electron chi connectivity index (χ3n) is 2.16. The molecule has 0 saturated carbocycles. The third kappa shape index (κ3) is 2.56. The highest BCUT2D eigenvalue weighted by Gasteiger charge is 2.17. The van der Waals surface area contributed by atoms with Crippen LogP contribution in [0, 0.1) is 0 Å². The number of tetrazole rings is 1. The second kappa shape index (κ2) is 5.26. The first-order valence-electron chi connectivity index (χ1n) is 5.06. The lowest BCUT2D eigenvalue weighted by atomic mass is 10.3. The van der Waals surface area contributed by atoms with Crippen LogP contribution in [0.5, 0.6) is 5.75 Å². The van der Waals surface area contributed by atoms with Gasteiger partial charge in [-0.15, -0.1) is 16.7 Å². The largest absolute Gasteiger partial charge is 0.433 e. The average molecular weight is 275 g/mol. The van der Waals surface area contributed by atoms with Crippen LogP contribution in [0.3, 0.4) is 0 Å². The van der Waals surface area contributed by atoms with Crippen LogP contribution in [-0.4, -0.2) is 26.8 Å². The summed E-state index contributed by atoms with van der Waals surface area (Å²) in [6, 6.07) is 6.22. The molecule has 0 aliphatic rings. The molecule has 0 amide bonds. The van der Waals surface area contributed by atoms with Gasteiger partial charge in [0.05, 0.1) is 5.38 Å². The van der Waals surface area contributed by atoms with Crippen LogP contribution in [0.4, 0.5) is 8.78 Å². The summed E-state index contributed by atoms with van der Waals surface area (Å²) < 4.78 is 30.3. The second-order valence-corrected chi connectivity index (χ2v) is 4.07. The molecule has 1 aromatic carbocycles. The van der Waals surface area contributed by atoms with Crippen molar-refractivity contribution in [2.75, 3.05) is 0 Å². The summed E-state index contributed by atoms with van der Waals surface area (Å²) in [6.45, 7) is -1.24. The van der Waals surface area contributed by atoms with Crippen molar-refractivity contribution in [2.24, 2.45) is 0 Å². The van der Waals surface area contributed by atoms with Gasteiger partial charge in [-0.05, 0) is 29.5 Å². The van der Waals surface area contributed by atoms with Crippen LogP contribution in [0.1, 0.15) is 18.1 Å². The van der Waals surface area contributed by atoms with Gasteiger partial charge in [-0.1, -0.05) is 12.1 Å². The van der Waals surface area contributed by atoms with Crippen molar-refractivity contribution in [2.45, 2.75) is 18.9 Å². The monoisotopic (exact) mass is 274 g/mol. The Hall–Kier alpha value is -1.76. The zero-order chi connectivity index (χ0) is 13.1. The Morgan fingerprint density at radius 1 is 1.33 bits per heavy atom. The van der Waals surface area contributed by atoms with E-state index in [1.807, 2.05) is 0 Å². The maximum Gasteiger partial charge on any atom is 0.387 e. The molecule has 96 valence electrons. The van der Waals surface area contributed by atoms with E-state index in [1.54, 1.807) is 25.1 Å². The predicted octanol–water partition coefficient (Wildman–Crippen LogP) is 2.56. The van der Waals surface area contributed by atoms with E-state index in [9.17, 15) is 8.78 Å². The summed E-state index contributed by atoms with van der Waals surface area (Å²) >= 11 is 5.91. The number of hydrogen-bond acceptors (Lipinski definition) is 4. The molecule has 0 radical (unpaired) electrons. The van der Waals surface area contributed by atoms with E-state index >= 15 is 0 Å².